The van der Waals surface area contributed by atoms with Crippen molar-refractivity contribution in [2.45, 2.75) is 40.5 Å². The highest BCUT2D eigenvalue weighted by Crippen LogP contribution is 2.24. The quantitative estimate of drug-likeness (QED) is 0.680. The summed E-state index contributed by atoms with van der Waals surface area (Å²) in [5, 5.41) is 3.59. The SMILES string of the molecule is CC(C)C(C)(C)CNCCN1CCCC1. The Labute approximate surface area is 95.4 Å². The summed E-state index contributed by atoms with van der Waals surface area (Å²) >= 11 is 0. The fourth-order valence-electron chi connectivity index (χ4n) is 1.86. The topological polar surface area (TPSA) is 15.3 Å². The summed E-state index contributed by atoms with van der Waals surface area (Å²) in [6.07, 6.45) is 2.80. The van der Waals surface area contributed by atoms with Gasteiger partial charge in [-0.3, -0.25) is 0 Å². The van der Waals surface area contributed by atoms with Gasteiger partial charge in [-0.25, -0.2) is 0 Å². The van der Waals surface area contributed by atoms with Gasteiger partial charge in [0, 0.05) is 19.6 Å². The van der Waals surface area contributed by atoms with Crippen LogP contribution in [0.2, 0.25) is 0 Å². The van der Waals surface area contributed by atoms with E-state index in [-0.39, 0.29) is 0 Å². The van der Waals surface area contributed by atoms with Crippen LogP contribution in [-0.4, -0.2) is 37.6 Å². The van der Waals surface area contributed by atoms with Crippen LogP contribution in [0.25, 0.3) is 0 Å². The van der Waals surface area contributed by atoms with Gasteiger partial charge in [-0.2, -0.15) is 0 Å². The van der Waals surface area contributed by atoms with E-state index in [1.807, 2.05) is 0 Å². The highest BCUT2D eigenvalue weighted by Gasteiger charge is 2.21. The maximum absolute atomic E-state index is 3.59. The Balaban J connectivity index is 2.05. The number of rotatable bonds is 6. The Morgan fingerprint density at radius 3 is 2.33 bits per heavy atom. The summed E-state index contributed by atoms with van der Waals surface area (Å²) in [7, 11) is 0. The van der Waals surface area contributed by atoms with Gasteiger partial charge in [0.1, 0.15) is 0 Å². The molecule has 0 aromatic carbocycles. The lowest BCUT2D eigenvalue weighted by atomic mass is 9.81. The van der Waals surface area contributed by atoms with Gasteiger partial charge in [0.15, 0.2) is 0 Å². The van der Waals surface area contributed by atoms with Crippen LogP contribution in [0.3, 0.4) is 0 Å². The molecule has 1 heterocycles. The van der Waals surface area contributed by atoms with E-state index in [1.54, 1.807) is 0 Å². The molecule has 15 heavy (non-hydrogen) atoms. The molecule has 1 aliphatic rings. The zero-order valence-electron chi connectivity index (χ0n) is 11.0. The lowest BCUT2D eigenvalue weighted by Gasteiger charge is -2.30. The van der Waals surface area contributed by atoms with Gasteiger partial charge in [-0.05, 0) is 37.3 Å². The minimum absolute atomic E-state index is 0.422. The average Bonchev–Trinajstić information content (AvgIpc) is 2.64. The molecule has 0 unspecified atom stereocenters. The molecule has 0 radical (unpaired) electrons. The summed E-state index contributed by atoms with van der Waals surface area (Å²) < 4.78 is 0. The molecule has 1 rings (SSSR count). The molecule has 0 saturated carbocycles. The molecular weight excluding hydrogens is 184 g/mol. The second-order valence-electron chi connectivity index (χ2n) is 5.87. The highest BCUT2D eigenvalue weighted by atomic mass is 15.1. The Kier molecular flexibility index (Phi) is 5.07. The smallest absolute Gasteiger partial charge is 0.0107 e. The van der Waals surface area contributed by atoms with Crippen LogP contribution in [-0.2, 0) is 0 Å². The Morgan fingerprint density at radius 2 is 1.80 bits per heavy atom. The van der Waals surface area contributed by atoms with Crippen molar-refractivity contribution in [2.24, 2.45) is 11.3 Å². The van der Waals surface area contributed by atoms with Gasteiger partial charge in [0.2, 0.25) is 0 Å². The van der Waals surface area contributed by atoms with Crippen molar-refractivity contribution in [3.8, 4) is 0 Å². The van der Waals surface area contributed by atoms with E-state index >= 15 is 0 Å². The van der Waals surface area contributed by atoms with E-state index in [9.17, 15) is 0 Å². The van der Waals surface area contributed by atoms with Crippen molar-refractivity contribution in [3.63, 3.8) is 0 Å². The molecular formula is C13H28N2. The first kappa shape index (κ1) is 13.0. The first-order valence-electron chi connectivity index (χ1n) is 6.45. The lowest BCUT2D eigenvalue weighted by molar-refractivity contribution is 0.232. The largest absolute Gasteiger partial charge is 0.315 e. The molecule has 0 bridgehead atoms. The van der Waals surface area contributed by atoms with E-state index in [0.717, 1.165) is 19.0 Å². The zero-order valence-corrected chi connectivity index (χ0v) is 11.0. The van der Waals surface area contributed by atoms with Crippen molar-refractivity contribution >= 4 is 0 Å². The normalized spacial score (nSPS) is 19.0. The standard InChI is InChI=1S/C13H28N2/c1-12(2)13(3,4)11-14-7-10-15-8-5-6-9-15/h12,14H,5-11H2,1-4H3. The second kappa shape index (κ2) is 5.86. The second-order valence-corrected chi connectivity index (χ2v) is 5.87. The van der Waals surface area contributed by atoms with E-state index in [1.165, 1.54) is 32.5 Å². The van der Waals surface area contributed by atoms with Crippen LogP contribution < -0.4 is 5.32 Å². The first-order chi connectivity index (χ1) is 7.02. The van der Waals surface area contributed by atoms with Crippen LogP contribution in [0.5, 0.6) is 0 Å². The van der Waals surface area contributed by atoms with Crippen molar-refractivity contribution in [3.05, 3.63) is 0 Å². The van der Waals surface area contributed by atoms with Gasteiger partial charge < -0.3 is 10.2 Å². The van der Waals surface area contributed by atoms with Crippen LogP contribution in [0.1, 0.15) is 40.5 Å². The molecule has 0 aromatic heterocycles. The lowest BCUT2D eigenvalue weighted by Crippen LogP contribution is -2.37. The van der Waals surface area contributed by atoms with Gasteiger partial charge in [0.25, 0.3) is 0 Å². The minimum Gasteiger partial charge on any atom is -0.315 e. The molecule has 90 valence electrons. The fourth-order valence-corrected chi connectivity index (χ4v) is 1.86. The van der Waals surface area contributed by atoms with Crippen molar-refractivity contribution < 1.29 is 0 Å². The molecule has 0 aromatic rings. The number of likely N-dealkylation sites (tertiary alicyclic amines) is 1. The van der Waals surface area contributed by atoms with Gasteiger partial charge in [-0.15, -0.1) is 0 Å². The van der Waals surface area contributed by atoms with Crippen LogP contribution in [0.4, 0.5) is 0 Å². The summed E-state index contributed by atoms with van der Waals surface area (Å²) in [6, 6.07) is 0. The number of hydrogen-bond donors (Lipinski definition) is 1. The van der Waals surface area contributed by atoms with Crippen LogP contribution in [0.15, 0.2) is 0 Å². The fraction of sp³-hybridized carbons (Fsp3) is 1.00. The molecule has 0 amide bonds. The molecule has 1 saturated heterocycles. The monoisotopic (exact) mass is 212 g/mol. The van der Waals surface area contributed by atoms with E-state index in [2.05, 4.69) is 37.9 Å². The molecule has 1 N–H and O–H groups in total. The third-order valence-corrected chi connectivity index (χ3v) is 3.95. The maximum atomic E-state index is 3.59. The summed E-state index contributed by atoms with van der Waals surface area (Å²) in [6.45, 7) is 15.5. The number of nitrogens with one attached hydrogen (secondary N) is 1. The highest BCUT2D eigenvalue weighted by molar-refractivity contribution is 4.75. The minimum atomic E-state index is 0.422. The summed E-state index contributed by atoms with van der Waals surface area (Å²) in [4.78, 5) is 2.56. The van der Waals surface area contributed by atoms with E-state index in [0.29, 0.717) is 5.41 Å². The Hall–Kier alpha value is -0.0800. The van der Waals surface area contributed by atoms with Crippen molar-refractivity contribution in [2.75, 3.05) is 32.7 Å². The van der Waals surface area contributed by atoms with Gasteiger partial charge in [0.05, 0.1) is 0 Å². The Bertz CT molecular complexity index is 169. The van der Waals surface area contributed by atoms with E-state index in [4.69, 9.17) is 0 Å². The molecule has 1 aliphatic heterocycles. The third kappa shape index (κ3) is 4.52. The third-order valence-electron chi connectivity index (χ3n) is 3.95. The Morgan fingerprint density at radius 1 is 1.20 bits per heavy atom. The molecule has 0 spiro atoms. The predicted octanol–water partition coefficient (Wildman–Crippen LogP) is 2.35. The molecule has 0 aliphatic carbocycles. The molecule has 1 fully saturated rings. The van der Waals surface area contributed by atoms with E-state index < -0.39 is 0 Å². The summed E-state index contributed by atoms with van der Waals surface area (Å²) in [5.74, 6) is 0.747. The average molecular weight is 212 g/mol. The summed E-state index contributed by atoms with van der Waals surface area (Å²) in [5.41, 5.74) is 0.422. The van der Waals surface area contributed by atoms with Gasteiger partial charge >= 0.3 is 0 Å². The predicted molar refractivity (Wildman–Crippen MR) is 67.2 cm³/mol. The number of hydrogen-bond acceptors (Lipinski definition) is 2. The van der Waals surface area contributed by atoms with Crippen molar-refractivity contribution in [1.82, 2.24) is 10.2 Å². The number of nitrogens with zero attached hydrogens (tertiary/aromatic N) is 1. The van der Waals surface area contributed by atoms with Crippen LogP contribution >= 0.6 is 0 Å². The van der Waals surface area contributed by atoms with Crippen LogP contribution in [0, 0.1) is 11.3 Å². The maximum Gasteiger partial charge on any atom is 0.0107 e. The first-order valence-corrected chi connectivity index (χ1v) is 6.45. The molecule has 2 nitrogen and oxygen atoms in total. The van der Waals surface area contributed by atoms with Gasteiger partial charge in [-0.1, -0.05) is 27.7 Å². The molecule has 2 heteroatoms. The van der Waals surface area contributed by atoms with Crippen molar-refractivity contribution in [1.29, 1.82) is 0 Å². The molecule has 0 atom stereocenters. The zero-order chi connectivity index (χ0) is 11.3.